The summed E-state index contributed by atoms with van der Waals surface area (Å²) in [6.07, 6.45) is 0. The number of carbonyl (C=O) groups excluding carboxylic acids is 1. The lowest BCUT2D eigenvalue weighted by Gasteiger charge is -2.20. The first kappa shape index (κ1) is 21.9. The number of nitrogens with one attached hydrogen (secondary N) is 2. The van der Waals surface area contributed by atoms with Crippen molar-refractivity contribution in [1.82, 2.24) is 5.32 Å². The number of likely N-dealkylation sites (N-methyl/N-ethyl adjacent to an activating group) is 1. The van der Waals surface area contributed by atoms with E-state index < -0.39 is 0 Å². The van der Waals surface area contributed by atoms with E-state index in [-0.39, 0.29) is 11.9 Å². The maximum atomic E-state index is 12.5. The van der Waals surface area contributed by atoms with E-state index in [9.17, 15) is 4.79 Å². The summed E-state index contributed by atoms with van der Waals surface area (Å²) in [5, 5.41) is 3.67. The first-order chi connectivity index (χ1) is 13.4. The number of ether oxygens (including phenoxy) is 3. The Labute approximate surface area is 171 Å². The molecule has 28 heavy (non-hydrogen) atoms. The van der Waals surface area contributed by atoms with Gasteiger partial charge in [0.25, 0.3) is 5.91 Å². The van der Waals surface area contributed by atoms with Crippen molar-refractivity contribution in [2.24, 2.45) is 0 Å². The SMILES string of the molecule is COc1ccc(OC)c([C@@H](C)NC(=O)C[NH+](C)Cc2cc(Cl)ccc2OC)c1. The van der Waals surface area contributed by atoms with E-state index in [0.717, 1.165) is 21.8 Å². The Hall–Kier alpha value is -2.44. The Kier molecular flexibility index (Phi) is 7.96. The van der Waals surface area contributed by atoms with Crippen LogP contribution in [0.5, 0.6) is 17.2 Å². The van der Waals surface area contributed by atoms with Crippen molar-refractivity contribution >= 4 is 17.5 Å². The monoisotopic (exact) mass is 407 g/mol. The Morgan fingerprint density at radius 3 is 2.39 bits per heavy atom. The minimum absolute atomic E-state index is 0.0594. The molecule has 0 aromatic heterocycles. The Morgan fingerprint density at radius 2 is 1.75 bits per heavy atom. The summed E-state index contributed by atoms with van der Waals surface area (Å²) in [6.45, 7) is 2.85. The van der Waals surface area contributed by atoms with Gasteiger partial charge < -0.3 is 24.4 Å². The molecule has 0 saturated heterocycles. The van der Waals surface area contributed by atoms with Gasteiger partial charge in [0.2, 0.25) is 0 Å². The molecule has 0 saturated carbocycles. The predicted molar refractivity (Wildman–Crippen MR) is 110 cm³/mol. The quantitative estimate of drug-likeness (QED) is 0.669. The molecule has 152 valence electrons. The van der Waals surface area contributed by atoms with E-state index >= 15 is 0 Å². The number of methoxy groups -OCH3 is 3. The minimum Gasteiger partial charge on any atom is -0.497 e. The topological polar surface area (TPSA) is 61.2 Å². The largest absolute Gasteiger partial charge is 0.497 e. The van der Waals surface area contributed by atoms with Crippen LogP contribution in [-0.2, 0) is 11.3 Å². The first-order valence-electron chi connectivity index (χ1n) is 9.03. The summed E-state index contributed by atoms with van der Waals surface area (Å²) < 4.78 is 16.1. The van der Waals surface area contributed by atoms with Crippen LogP contribution in [0.15, 0.2) is 36.4 Å². The molecule has 2 atom stereocenters. The molecule has 2 aromatic rings. The van der Waals surface area contributed by atoms with Gasteiger partial charge in [0.05, 0.1) is 34.4 Å². The zero-order valence-corrected chi connectivity index (χ0v) is 17.7. The van der Waals surface area contributed by atoms with E-state index in [2.05, 4.69) is 5.32 Å². The van der Waals surface area contributed by atoms with Gasteiger partial charge in [-0.3, -0.25) is 4.79 Å². The molecule has 0 spiro atoms. The summed E-state index contributed by atoms with van der Waals surface area (Å²) >= 11 is 6.09. The normalized spacial score (nSPS) is 12.8. The standard InChI is InChI=1S/C21H27ClN2O4/c1-14(18-11-17(26-3)7-9-20(18)28-5)23-21(25)13-24(2)12-15-10-16(22)6-8-19(15)27-4/h6-11,14H,12-13H2,1-5H3,(H,23,25)/p+1/t14-/m1/s1. The highest BCUT2D eigenvalue weighted by atomic mass is 35.5. The molecule has 6 nitrogen and oxygen atoms in total. The summed E-state index contributed by atoms with van der Waals surface area (Å²) in [5.41, 5.74) is 1.83. The molecule has 1 unspecified atom stereocenters. The maximum Gasteiger partial charge on any atom is 0.275 e. The van der Waals surface area contributed by atoms with Crippen LogP contribution >= 0.6 is 11.6 Å². The highest BCUT2D eigenvalue weighted by Crippen LogP contribution is 2.29. The molecule has 0 bridgehead atoms. The summed E-state index contributed by atoms with van der Waals surface area (Å²) in [4.78, 5) is 13.6. The van der Waals surface area contributed by atoms with Gasteiger partial charge in [0.1, 0.15) is 23.8 Å². The number of amides is 1. The summed E-state index contributed by atoms with van der Waals surface area (Å²) in [5.74, 6) is 2.13. The second-order valence-corrected chi connectivity index (χ2v) is 7.10. The molecule has 1 amide bonds. The van der Waals surface area contributed by atoms with Crippen molar-refractivity contribution < 1.29 is 23.9 Å². The van der Waals surface area contributed by atoms with E-state index in [1.807, 2.05) is 44.3 Å². The van der Waals surface area contributed by atoms with Gasteiger partial charge in [-0.2, -0.15) is 0 Å². The second-order valence-electron chi connectivity index (χ2n) is 6.66. The minimum atomic E-state index is -0.217. The smallest absolute Gasteiger partial charge is 0.275 e. The second kappa shape index (κ2) is 10.2. The third-order valence-electron chi connectivity index (χ3n) is 4.48. The lowest BCUT2D eigenvalue weighted by Crippen LogP contribution is -3.08. The number of quaternary nitrogens is 1. The van der Waals surface area contributed by atoms with Crippen LogP contribution in [0.1, 0.15) is 24.1 Å². The molecule has 2 N–H and O–H groups in total. The van der Waals surface area contributed by atoms with Gasteiger partial charge in [-0.1, -0.05) is 11.6 Å². The molecule has 0 heterocycles. The molecule has 7 heteroatoms. The van der Waals surface area contributed by atoms with Crippen LogP contribution in [0.3, 0.4) is 0 Å². The van der Waals surface area contributed by atoms with E-state index in [4.69, 9.17) is 25.8 Å². The molecular weight excluding hydrogens is 380 g/mol. The molecule has 0 fully saturated rings. The lowest BCUT2D eigenvalue weighted by molar-refractivity contribution is -0.885. The van der Waals surface area contributed by atoms with Crippen LogP contribution in [0.4, 0.5) is 0 Å². The average molecular weight is 408 g/mol. The van der Waals surface area contributed by atoms with Crippen LogP contribution in [0, 0.1) is 0 Å². The Bertz CT molecular complexity index is 813. The molecule has 0 radical (unpaired) electrons. The highest BCUT2D eigenvalue weighted by molar-refractivity contribution is 6.30. The number of halogens is 1. The van der Waals surface area contributed by atoms with Crippen LogP contribution in [-0.4, -0.2) is 40.8 Å². The summed E-state index contributed by atoms with van der Waals surface area (Å²) in [6, 6.07) is 10.8. The number of rotatable bonds is 9. The van der Waals surface area contributed by atoms with Crippen molar-refractivity contribution in [1.29, 1.82) is 0 Å². The lowest BCUT2D eigenvalue weighted by atomic mass is 10.1. The highest BCUT2D eigenvalue weighted by Gasteiger charge is 2.18. The molecule has 2 aromatic carbocycles. The number of benzene rings is 2. The van der Waals surface area contributed by atoms with Crippen molar-refractivity contribution in [2.45, 2.75) is 19.5 Å². The average Bonchev–Trinajstić information content (AvgIpc) is 2.67. The van der Waals surface area contributed by atoms with Crippen molar-refractivity contribution in [2.75, 3.05) is 34.9 Å². The third kappa shape index (κ3) is 5.78. The zero-order valence-electron chi connectivity index (χ0n) is 17.0. The molecule has 0 aliphatic rings. The molecular formula is C21H28ClN2O4+. The van der Waals surface area contributed by atoms with E-state index in [1.165, 1.54) is 0 Å². The fourth-order valence-corrected chi connectivity index (χ4v) is 3.29. The third-order valence-corrected chi connectivity index (χ3v) is 4.71. The number of carbonyl (C=O) groups is 1. The van der Waals surface area contributed by atoms with Gasteiger partial charge in [0, 0.05) is 16.1 Å². The van der Waals surface area contributed by atoms with Gasteiger partial charge in [-0.15, -0.1) is 0 Å². The van der Waals surface area contributed by atoms with Gasteiger partial charge >= 0.3 is 0 Å². The van der Waals surface area contributed by atoms with Crippen molar-refractivity contribution in [3.63, 3.8) is 0 Å². The van der Waals surface area contributed by atoms with Crippen molar-refractivity contribution in [3.05, 3.63) is 52.5 Å². The van der Waals surface area contributed by atoms with Gasteiger partial charge in [-0.05, 0) is 43.3 Å². The van der Waals surface area contributed by atoms with Crippen LogP contribution < -0.4 is 24.4 Å². The fourth-order valence-electron chi connectivity index (χ4n) is 3.10. The zero-order chi connectivity index (χ0) is 20.7. The molecule has 0 aliphatic heterocycles. The summed E-state index contributed by atoms with van der Waals surface area (Å²) in [7, 11) is 6.79. The van der Waals surface area contributed by atoms with Gasteiger partial charge in [0.15, 0.2) is 6.54 Å². The predicted octanol–water partition coefficient (Wildman–Crippen LogP) is 2.26. The van der Waals surface area contributed by atoms with E-state index in [0.29, 0.717) is 29.6 Å². The Balaban J connectivity index is 2.01. The molecule has 0 aliphatic carbocycles. The van der Waals surface area contributed by atoms with Crippen LogP contribution in [0.2, 0.25) is 5.02 Å². The number of hydrogen-bond donors (Lipinski definition) is 2. The van der Waals surface area contributed by atoms with Gasteiger partial charge in [-0.25, -0.2) is 0 Å². The number of hydrogen-bond acceptors (Lipinski definition) is 4. The van der Waals surface area contributed by atoms with E-state index in [1.54, 1.807) is 27.4 Å². The maximum absolute atomic E-state index is 12.5. The Morgan fingerprint density at radius 1 is 1.07 bits per heavy atom. The van der Waals surface area contributed by atoms with Crippen molar-refractivity contribution in [3.8, 4) is 17.2 Å². The fraction of sp³-hybridized carbons (Fsp3) is 0.381. The van der Waals surface area contributed by atoms with Crippen LogP contribution in [0.25, 0.3) is 0 Å². The molecule has 2 rings (SSSR count). The first-order valence-corrected chi connectivity index (χ1v) is 9.40.